The van der Waals surface area contributed by atoms with Crippen LogP contribution in [0.4, 0.5) is 0 Å². The summed E-state index contributed by atoms with van der Waals surface area (Å²) < 4.78 is 6.05. The molecule has 1 aromatic carbocycles. The second-order valence-corrected chi connectivity index (χ2v) is 11.4. The van der Waals surface area contributed by atoms with Crippen molar-refractivity contribution >= 4 is 8.32 Å². The fraction of sp³-hybridized carbons (Fsp3) is 0.600. The van der Waals surface area contributed by atoms with Gasteiger partial charge >= 0.3 is 0 Å². The molecule has 0 aliphatic rings. The summed E-state index contributed by atoms with van der Waals surface area (Å²) in [4.78, 5) is 0. The Morgan fingerprint density at radius 2 is 1.74 bits per heavy atom. The van der Waals surface area contributed by atoms with E-state index in [1.807, 2.05) is 30.3 Å². The maximum Gasteiger partial charge on any atom is 0.192 e. The Hall–Kier alpha value is -0.683. The highest BCUT2D eigenvalue weighted by Crippen LogP contribution is 2.36. The van der Waals surface area contributed by atoms with Crippen molar-refractivity contribution in [3.05, 3.63) is 35.9 Å². The van der Waals surface area contributed by atoms with Gasteiger partial charge in [0.2, 0.25) is 0 Å². The fourth-order valence-electron chi connectivity index (χ4n) is 1.51. The molecular weight excluding hydrogens is 254 g/mol. The molecule has 3 nitrogen and oxygen atoms in total. The van der Waals surface area contributed by atoms with Gasteiger partial charge in [-0.3, -0.25) is 0 Å². The lowest BCUT2D eigenvalue weighted by Gasteiger charge is -2.37. The predicted molar refractivity (Wildman–Crippen MR) is 82.5 cm³/mol. The normalized spacial score (nSPS) is 16.2. The summed E-state index contributed by atoms with van der Waals surface area (Å²) in [5, 5.41) is 10.4. The molecule has 19 heavy (non-hydrogen) atoms. The van der Waals surface area contributed by atoms with Crippen molar-refractivity contribution in [2.75, 3.05) is 6.61 Å². The van der Waals surface area contributed by atoms with Gasteiger partial charge in [0.15, 0.2) is 8.32 Å². The van der Waals surface area contributed by atoms with Crippen LogP contribution in [0.2, 0.25) is 18.1 Å². The largest absolute Gasteiger partial charge is 0.415 e. The van der Waals surface area contributed by atoms with Crippen LogP contribution in [0.3, 0.4) is 0 Å². The number of benzene rings is 1. The minimum atomic E-state index is -1.81. The average molecular weight is 281 g/mol. The molecule has 0 aliphatic carbocycles. The maximum atomic E-state index is 10.2. The van der Waals surface area contributed by atoms with E-state index in [9.17, 15) is 5.11 Å². The molecule has 0 bridgehead atoms. The molecule has 4 heteroatoms. The first-order chi connectivity index (χ1) is 8.65. The topological polar surface area (TPSA) is 55.5 Å². The lowest BCUT2D eigenvalue weighted by atomic mass is 10.0. The molecule has 0 aliphatic heterocycles. The van der Waals surface area contributed by atoms with Gasteiger partial charge in [0.05, 0.1) is 18.8 Å². The monoisotopic (exact) mass is 281 g/mol. The van der Waals surface area contributed by atoms with E-state index in [0.29, 0.717) is 6.61 Å². The van der Waals surface area contributed by atoms with Crippen molar-refractivity contribution in [1.29, 1.82) is 0 Å². The van der Waals surface area contributed by atoms with Crippen molar-refractivity contribution in [3.8, 4) is 0 Å². The molecule has 0 heterocycles. The van der Waals surface area contributed by atoms with Crippen molar-refractivity contribution in [2.24, 2.45) is 5.73 Å². The summed E-state index contributed by atoms with van der Waals surface area (Å²) in [6, 6.07) is 9.11. The van der Waals surface area contributed by atoms with E-state index < -0.39 is 20.5 Å². The van der Waals surface area contributed by atoms with Crippen LogP contribution in [-0.2, 0) is 4.43 Å². The molecule has 3 N–H and O–H groups in total. The average Bonchev–Trinajstić information content (AvgIpc) is 2.35. The Kier molecular flexibility index (Phi) is 5.32. The van der Waals surface area contributed by atoms with Gasteiger partial charge in [-0.2, -0.15) is 0 Å². The second-order valence-electron chi connectivity index (χ2n) is 6.59. The van der Waals surface area contributed by atoms with E-state index in [1.165, 1.54) is 0 Å². The highest BCUT2D eigenvalue weighted by atomic mass is 28.4. The smallest absolute Gasteiger partial charge is 0.192 e. The van der Waals surface area contributed by atoms with Gasteiger partial charge in [-0.25, -0.2) is 0 Å². The highest BCUT2D eigenvalue weighted by molar-refractivity contribution is 6.74. The molecule has 1 rings (SSSR count). The van der Waals surface area contributed by atoms with Gasteiger partial charge in [-0.15, -0.1) is 0 Å². The molecule has 1 aromatic rings. The van der Waals surface area contributed by atoms with Crippen molar-refractivity contribution in [2.45, 2.75) is 51.0 Å². The Labute approximate surface area is 117 Å². The van der Waals surface area contributed by atoms with Crippen LogP contribution < -0.4 is 5.73 Å². The molecule has 2 atom stereocenters. The van der Waals surface area contributed by atoms with E-state index in [2.05, 4.69) is 33.9 Å². The highest BCUT2D eigenvalue weighted by Gasteiger charge is 2.37. The molecule has 108 valence electrons. The van der Waals surface area contributed by atoms with E-state index in [0.717, 1.165) is 5.56 Å². The third-order valence-electron chi connectivity index (χ3n) is 3.99. The molecule has 0 amide bonds. The van der Waals surface area contributed by atoms with Crippen LogP contribution in [0.5, 0.6) is 0 Å². The van der Waals surface area contributed by atoms with Crippen molar-refractivity contribution in [3.63, 3.8) is 0 Å². The van der Waals surface area contributed by atoms with Crippen LogP contribution in [-0.4, -0.2) is 26.1 Å². The van der Waals surface area contributed by atoms with Crippen molar-refractivity contribution in [1.82, 2.24) is 0 Å². The summed E-state index contributed by atoms with van der Waals surface area (Å²) in [6.07, 6.45) is -0.675. The third-order valence-corrected chi connectivity index (χ3v) is 8.49. The van der Waals surface area contributed by atoms with E-state index in [4.69, 9.17) is 10.2 Å². The first-order valence-corrected chi connectivity index (χ1v) is 9.68. The quantitative estimate of drug-likeness (QED) is 0.816. The molecule has 0 fully saturated rings. The number of aliphatic hydroxyl groups is 1. The van der Waals surface area contributed by atoms with Gasteiger partial charge in [0.25, 0.3) is 0 Å². The van der Waals surface area contributed by atoms with Gasteiger partial charge in [0.1, 0.15) is 0 Å². The zero-order valence-corrected chi connectivity index (χ0v) is 13.7. The van der Waals surface area contributed by atoms with Gasteiger partial charge in [-0.1, -0.05) is 51.1 Å². The van der Waals surface area contributed by atoms with Crippen LogP contribution in [0.25, 0.3) is 0 Å². The van der Waals surface area contributed by atoms with Gasteiger partial charge < -0.3 is 15.3 Å². The van der Waals surface area contributed by atoms with Crippen LogP contribution in [0.1, 0.15) is 32.4 Å². The number of hydrogen-bond acceptors (Lipinski definition) is 3. The lowest BCUT2D eigenvalue weighted by molar-refractivity contribution is 0.112. The molecular formula is C15H27NO2Si. The van der Waals surface area contributed by atoms with Crippen LogP contribution in [0.15, 0.2) is 30.3 Å². The van der Waals surface area contributed by atoms with Gasteiger partial charge in [-0.05, 0) is 23.7 Å². The molecule has 0 unspecified atom stereocenters. The SMILES string of the molecule is CC(C)(C)[Si](C)(C)OC[C@H](N)[C@@H](O)c1ccccc1. The minimum absolute atomic E-state index is 0.157. The summed E-state index contributed by atoms with van der Waals surface area (Å²) in [5.41, 5.74) is 6.89. The Morgan fingerprint density at radius 3 is 2.21 bits per heavy atom. The van der Waals surface area contributed by atoms with Crippen LogP contribution >= 0.6 is 0 Å². The second kappa shape index (κ2) is 6.18. The summed E-state index contributed by atoms with van der Waals surface area (Å²) in [6.45, 7) is 11.4. The summed E-state index contributed by atoms with van der Waals surface area (Å²) in [7, 11) is -1.81. The van der Waals surface area contributed by atoms with Crippen LogP contribution in [0, 0.1) is 0 Å². The Balaban J connectivity index is 2.59. The Bertz CT molecular complexity index is 387. The Morgan fingerprint density at radius 1 is 1.21 bits per heavy atom. The zero-order valence-electron chi connectivity index (χ0n) is 12.7. The zero-order chi connectivity index (χ0) is 14.7. The number of rotatable bonds is 5. The number of hydrogen-bond donors (Lipinski definition) is 2. The fourth-order valence-corrected chi connectivity index (χ4v) is 2.55. The van der Waals surface area contributed by atoms with Gasteiger partial charge in [0, 0.05) is 0 Å². The standard InChI is InChI=1S/C15H27NO2Si/c1-15(2,3)19(4,5)18-11-13(16)14(17)12-9-7-6-8-10-12/h6-10,13-14,17H,11,16H2,1-5H3/t13-,14-/m0/s1. The number of aliphatic hydroxyl groups excluding tert-OH is 1. The van der Waals surface area contributed by atoms with Crippen molar-refractivity contribution < 1.29 is 9.53 Å². The molecule has 0 saturated carbocycles. The third kappa shape index (κ3) is 4.42. The molecule has 0 saturated heterocycles. The van der Waals surface area contributed by atoms with E-state index in [1.54, 1.807) is 0 Å². The van der Waals surface area contributed by atoms with E-state index >= 15 is 0 Å². The maximum absolute atomic E-state index is 10.2. The summed E-state index contributed by atoms with van der Waals surface area (Å²) in [5.74, 6) is 0. The van der Waals surface area contributed by atoms with E-state index in [-0.39, 0.29) is 5.04 Å². The molecule has 0 spiro atoms. The first-order valence-electron chi connectivity index (χ1n) is 6.78. The number of nitrogens with two attached hydrogens (primary N) is 1. The lowest BCUT2D eigenvalue weighted by Crippen LogP contribution is -2.45. The molecule has 0 radical (unpaired) electrons. The minimum Gasteiger partial charge on any atom is -0.415 e. The molecule has 0 aromatic heterocycles. The summed E-state index contributed by atoms with van der Waals surface area (Å²) >= 11 is 0. The predicted octanol–water partition coefficient (Wildman–Crippen LogP) is 3.07. The first kappa shape index (κ1) is 16.4.